The molecule has 0 saturated heterocycles. The van der Waals surface area contributed by atoms with Crippen LogP contribution in [0.15, 0.2) is 0 Å². The molecule has 0 aliphatic heterocycles. The molecule has 0 unspecified atom stereocenters. The molecule has 0 bridgehead atoms. The summed E-state index contributed by atoms with van der Waals surface area (Å²) < 4.78 is 23.7. The van der Waals surface area contributed by atoms with Gasteiger partial charge in [-0.1, -0.05) is 19.3 Å². The van der Waals surface area contributed by atoms with E-state index in [1.54, 1.807) is 20.8 Å². The first-order valence-corrected chi connectivity index (χ1v) is 8.93. The van der Waals surface area contributed by atoms with Gasteiger partial charge in [0.2, 0.25) is 0 Å². The van der Waals surface area contributed by atoms with Crippen LogP contribution in [0.25, 0.3) is 0 Å². The number of nitrogens with zero attached hydrogens (tertiary/aromatic N) is 1. The van der Waals surface area contributed by atoms with Gasteiger partial charge in [0.25, 0.3) is 0 Å². The Morgan fingerprint density at radius 1 is 1.16 bits per heavy atom. The van der Waals surface area contributed by atoms with Crippen molar-refractivity contribution in [2.75, 3.05) is 25.9 Å². The predicted molar refractivity (Wildman–Crippen MR) is 81.0 cm³/mol. The molecule has 0 heterocycles. The Kier molecular flexibility index (Phi) is 5.43. The van der Waals surface area contributed by atoms with E-state index in [-0.39, 0.29) is 11.3 Å². The van der Waals surface area contributed by atoms with E-state index < -0.39 is 14.6 Å². The molecule has 1 aliphatic rings. The maximum atomic E-state index is 12.2. The summed E-state index contributed by atoms with van der Waals surface area (Å²) in [7, 11) is -1.02. The second-order valence-corrected chi connectivity index (χ2v) is 9.70. The van der Waals surface area contributed by atoms with Gasteiger partial charge in [0.05, 0.1) is 10.5 Å². The maximum absolute atomic E-state index is 12.2. The van der Waals surface area contributed by atoms with Crippen molar-refractivity contribution in [1.29, 1.82) is 0 Å². The Bertz CT molecular complexity index is 379. The molecule has 0 aromatic rings. The van der Waals surface area contributed by atoms with E-state index in [0.717, 1.165) is 12.8 Å². The highest BCUT2D eigenvalue weighted by Gasteiger charge is 2.36. The lowest BCUT2D eigenvalue weighted by molar-refractivity contribution is 0.0887. The van der Waals surface area contributed by atoms with Crippen LogP contribution in [0.3, 0.4) is 0 Å². The van der Waals surface area contributed by atoms with Gasteiger partial charge in [0.15, 0.2) is 9.84 Å². The van der Waals surface area contributed by atoms with E-state index in [4.69, 9.17) is 5.73 Å². The molecule has 1 aliphatic carbocycles. The van der Waals surface area contributed by atoms with Gasteiger partial charge in [0, 0.05) is 18.6 Å². The highest BCUT2D eigenvalue weighted by Crippen LogP contribution is 2.32. The van der Waals surface area contributed by atoms with Crippen molar-refractivity contribution in [3.05, 3.63) is 0 Å². The van der Waals surface area contributed by atoms with Gasteiger partial charge in [-0.25, -0.2) is 8.42 Å². The Morgan fingerprint density at radius 2 is 1.68 bits per heavy atom. The minimum atomic E-state index is -3.05. The smallest absolute Gasteiger partial charge is 0.156 e. The van der Waals surface area contributed by atoms with Crippen molar-refractivity contribution in [2.45, 2.75) is 63.2 Å². The molecule has 0 aromatic carbocycles. The van der Waals surface area contributed by atoms with Gasteiger partial charge in [-0.05, 0) is 40.7 Å². The van der Waals surface area contributed by atoms with Gasteiger partial charge in [-0.3, -0.25) is 4.90 Å². The highest BCUT2D eigenvalue weighted by molar-refractivity contribution is 7.92. The Balaban J connectivity index is 2.66. The molecule has 2 N–H and O–H groups in total. The molecular weight excluding hydrogens is 260 g/mol. The van der Waals surface area contributed by atoms with Crippen molar-refractivity contribution in [3.8, 4) is 0 Å². The topological polar surface area (TPSA) is 63.4 Å². The third-order valence-corrected chi connectivity index (χ3v) is 7.19. The first kappa shape index (κ1) is 16.9. The molecule has 19 heavy (non-hydrogen) atoms. The molecule has 0 radical (unpaired) electrons. The molecule has 0 spiro atoms. The summed E-state index contributed by atoms with van der Waals surface area (Å²) in [6.45, 7) is 6.50. The Morgan fingerprint density at radius 3 is 2.11 bits per heavy atom. The molecule has 4 nitrogen and oxygen atoms in total. The van der Waals surface area contributed by atoms with Gasteiger partial charge in [-0.15, -0.1) is 0 Å². The molecule has 114 valence electrons. The average Bonchev–Trinajstić information content (AvgIpc) is 2.35. The lowest BCUT2D eigenvalue weighted by Crippen LogP contribution is -2.54. The monoisotopic (exact) mass is 290 g/mol. The van der Waals surface area contributed by atoms with Crippen LogP contribution in [-0.2, 0) is 9.84 Å². The lowest BCUT2D eigenvalue weighted by atomic mass is 9.80. The van der Waals surface area contributed by atoms with Crippen LogP contribution in [0.2, 0.25) is 0 Å². The van der Waals surface area contributed by atoms with Crippen molar-refractivity contribution < 1.29 is 8.42 Å². The Labute approximate surface area is 118 Å². The minimum Gasteiger partial charge on any atom is -0.329 e. The normalized spacial score (nSPS) is 20.7. The minimum absolute atomic E-state index is 0.0195. The number of likely N-dealkylation sites (N-methyl/N-ethyl adjacent to an activating group) is 1. The molecule has 1 saturated carbocycles. The summed E-state index contributed by atoms with van der Waals surface area (Å²) in [6.07, 6.45) is 5.86. The second kappa shape index (κ2) is 6.10. The number of hydrogen-bond acceptors (Lipinski definition) is 4. The summed E-state index contributed by atoms with van der Waals surface area (Å²) in [5, 5.41) is 0. The van der Waals surface area contributed by atoms with Crippen LogP contribution in [0.4, 0.5) is 0 Å². The molecule has 1 fully saturated rings. The summed E-state index contributed by atoms with van der Waals surface area (Å²) >= 11 is 0. The molecule has 0 amide bonds. The van der Waals surface area contributed by atoms with Gasteiger partial charge < -0.3 is 5.73 Å². The second-order valence-electron chi connectivity index (χ2n) is 6.84. The van der Waals surface area contributed by atoms with Crippen molar-refractivity contribution in [1.82, 2.24) is 4.90 Å². The highest BCUT2D eigenvalue weighted by atomic mass is 32.2. The summed E-state index contributed by atoms with van der Waals surface area (Å²) in [6, 6.07) is 0. The van der Waals surface area contributed by atoms with Crippen molar-refractivity contribution >= 4 is 9.84 Å². The summed E-state index contributed by atoms with van der Waals surface area (Å²) in [5.41, 5.74) is 5.99. The third-order valence-electron chi connectivity index (χ3n) is 4.60. The molecule has 1 rings (SSSR count). The summed E-state index contributed by atoms with van der Waals surface area (Å²) in [5.74, 6) is 0.217. The maximum Gasteiger partial charge on any atom is 0.156 e. The van der Waals surface area contributed by atoms with Crippen LogP contribution in [-0.4, -0.2) is 49.5 Å². The zero-order valence-electron chi connectivity index (χ0n) is 12.9. The van der Waals surface area contributed by atoms with E-state index in [1.807, 2.05) is 7.05 Å². The fourth-order valence-electron chi connectivity index (χ4n) is 2.75. The van der Waals surface area contributed by atoms with Crippen molar-refractivity contribution in [2.24, 2.45) is 5.73 Å². The standard InChI is InChI=1S/C14H30N2O2S/c1-13(2,3)19(17,18)11-10-16(4)14(12-15)8-6-5-7-9-14/h5-12,15H2,1-4H3. The van der Waals surface area contributed by atoms with Gasteiger partial charge >= 0.3 is 0 Å². The SMILES string of the molecule is CN(CCS(=O)(=O)C(C)(C)C)C1(CN)CCCCC1. The van der Waals surface area contributed by atoms with Gasteiger partial charge in [0.1, 0.15) is 0 Å². The molecular formula is C14H30N2O2S. The zero-order valence-corrected chi connectivity index (χ0v) is 13.7. The Hall–Kier alpha value is -0.130. The first-order chi connectivity index (χ1) is 8.65. The lowest BCUT2D eigenvalue weighted by Gasteiger charge is -2.44. The first-order valence-electron chi connectivity index (χ1n) is 7.28. The number of hydrogen-bond donors (Lipinski definition) is 1. The molecule has 0 atom stereocenters. The zero-order chi connectivity index (χ0) is 14.7. The fraction of sp³-hybridized carbons (Fsp3) is 1.00. The van der Waals surface area contributed by atoms with E-state index >= 15 is 0 Å². The average molecular weight is 290 g/mol. The molecule has 0 aromatic heterocycles. The van der Waals surface area contributed by atoms with Crippen molar-refractivity contribution in [3.63, 3.8) is 0 Å². The van der Waals surface area contributed by atoms with Crippen LogP contribution in [0, 0.1) is 0 Å². The van der Waals surface area contributed by atoms with E-state index in [0.29, 0.717) is 13.1 Å². The van der Waals surface area contributed by atoms with Gasteiger partial charge in [-0.2, -0.15) is 0 Å². The fourth-order valence-corrected chi connectivity index (χ4v) is 3.88. The number of rotatable bonds is 5. The quantitative estimate of drug-likeness (QED) is 0.838. The third kappa shape index (κ3) is 3.92. The largest absolute Gasteiger partial charge is 0.329 e. The summed E-state index contributed by atoms with van der Waals surface area (Å²) in [4.78, 5) is 2.19. The van der Waals surface area contributed by atoms with E-state index in [9.17, 15) is 8.42 Å². The van der Waals surface area contributed by atoms with Crippen LogP contribution >= 0.6 is 0 Å². The number of sulfone groups is 1. The van der Waals surface area contributed by atoms with E-state index in [1.165, 1.54) is 19.3 Å². The predicted octanol–water partition coefficient (Wildman–Crippen LogP) is 1.79. The van der Waals surface area contributed by atoms with Crippen LogP contribution in [0.1, 0.15) is 52.9 Å². The molecule has 5 heteroatoms. The van der Waals surface area contributed by atoms with Crippen LogP contribution in [0.5, 0.6) is 0 Å². The van der Waals surface area contributed by atoms with Crippen LogP contribution < -0.4 is 5.73 Å². The van der Waals surface area contributed by atoms with E-state index in [2.05, 4.69) is 4.90 Å². The number of nitrogens with two attached hydrogens (primary N) is 1.